The van der Waals surface area contributed by atoms with Crippen LogP contribution >= 0.6 is 0 Å². The minimum atomic E-state index is -3.29. The van der Waals surface area contributed by atoms with E-state index >= 15 is 0 Å². The number of carbonyl (C=O) groups is 2. The van der Waals surface area contributed by atoms with Crippen LogP contribution in [-0.4, -0.2) is 54.3 Å². The molecule has 1 aliphatic rings. The van der Waals surface area contributed by atoms with Gasteiger partial charge >= 0.3 is 0 Å². The fourth-order valence-electron chi connectivity index (χ4n) is 2.24. The van der Waals surface area contributed by atoms with Gasteiger partial charge in [-0.15, -0.1) is 0 Å². The summed E-state index contributed by atoms with van der Waals surface area (Å²) < 4.78 is 23.5. The van der Waals surface area contributed by atoms with Crippen LogP contribution in [0.15, 0.2) is 0 Å². The smallest absolute Gasteiger partial charge is 0.245 e. The number of nitrogens with zero attached hydrogens (tertiary/aromatic N) is 1. The molecule has 0 bridgehead atoms. The summed E-state index contributed by atoms with van der Waals surface area (Å²) in [6.07, 6.45) is 0.706. The molecule has 0 aromatic rings. The third-order valence-electron chi connectivity index (χ3n) is 3.87. The number of amides is 2. The highest BCUT2D eigenvalue weighted by Crippen LogP contribution is 2.18. The topological polar surface area (TPSA) is 83.6 Å². The first kappa shape index (κ1) is 17.9. The second kappa shape index (κ2) is 6.34. The van der Waals surface area contributed by atoms with E-state index in [-0.39, 0.29) is 36.6 Å². The van der Waals surface area contributed by atoms with Crippen molar-refractivity contribution in [3.8, 4) is 0 Å². The number of nitrogens with one attached hydrogen (secondary N) is 1. The molecule has 1 N–H and O–H groups in total. The molecule has 0 saturated carbocycles. The van der Waals surface area contributed by atoms with E-state index in [1.54, 1.807) is 27.7 Å². The quantitative estimate of drug-likeness (QED) is 0.827. The van der Waals surface area contributed by atoms with Gasteiger partial charge < -0.3 is 10.2 Å². The molecule has 2 unspecified atom stereocenters. The summed E-state index contributed by atoms with van der Waals surface area (Å²) in [6.45, 7) is 8.68. The number of hydrogen-bond donors (Lipinski definition) is 1. The molecule has 0 aliphatic carbocycles. The van der Waals surface area contributed by atoms with E-state index in [2.05, 4.69) is 5.32 Å². The summed E-state index contributed by atoms with van der Waals surface area (Å²) in [5.74, 6) is -0.444. The fraction of sp³-hybridized carbons (Fsp3) is 0.857. The van der Waals surface area contributed by atoms with Gasteiger partial charge in [-0.05, 0) is 34.1 Å². The van der Waals surface area contributed by atoms with Crippen molar-refractivity contribution in [3.63, 3.8) is 0 Å². The van der Waals surface area contributed by atoms with Crippen LogP contribution in [0, 0.1) is 0 Å². The Hall–Kier alpha value is -1.11. The molecule has 1 rings (SSSR count). The minimum Gasteiger partial charge on any atom is -0.344 e. The van der Waals surface area contributed by atoms with Gasteiger partial charge in [0.2, 0.25) is 11.8 Å². The second-order valence-corrected chi connectivity index (χ2v) is 9.41. The molecule has 1 aliphatic heterocycles. The Balaban J connectivity index is 2.89. The number of hydrogen-bond acceptors (Lipinski definition) is 4. The van der Waals surface area contributed by atoms with Crippen molar-refractivity contribution in [2.24, 2.45) is 0 Å². The predicted molar refractivity (Wildman–Crippen MR) is 81.6 cm³/mol. The Kier molecular flexibility index (Phi) is 5.41. The van der Waals surface area contributed by atoms with Crippen LogP contribution in [-0.2, 0) is 19.4 Å². The summed E-state index contributed by atoms with van der Waals surface area (Å²) in [4.78, 5) is 25.6. The Bertz CT molecular complexity index is 508. The lowest BCUT2D eigenvalue weighted by Crippen LogP contribution is -2.48. The maximum absolute atomic E-state index is 12.4. The predicted octanol–water partition coefficient (Wildman–Crippen LogP) is 0.715. The molecule has 1 saturated heterocycles. The van der Waals surface area contributed by atoms with Gasteiger partial charge in [0.05, 0.1) is 10.5 Å². The molecule has 7 heteroatoms. The van der Waals surface area contributed by atoms with Crippen molar-refractivity contribution in [2.45, 2.75) is 64.3 Å². The maximum Gasteiger partial charge on any atom is 0.245 e. The van der Waals surface area contributed by atoms with E-state index in [0.717, 1.165) is 0 Å². The van der Waals surface area contributed by atoms with Crippen molar-refractivity contribution in [2.75, 3.05) is 12.3 Å². The summed E-state index contributed by atoms with van der Waals surface area (Å²) in [5.41, 5.74) is 0. The van der Waals surface area contributed by atoms with Crippen LogP contribution < -0.4 is 5.32 Å². The van der Waals surface area contributed by atoms with Crippen molar-refractivity contribution in [1.82, 2.24) is 10.2 Å². The zero-order valence-electron chi connectivity index (χ0n) is 13.5. The van der Waals surface area contributed by atoms with Gasteiger partial charge in [0, 0.05) is 19.0 Å². The molecule has 6 nitrogen and oxygen atoms in total. The zero-order valence-corrected chi connectivity index (χ0v) is 14.3. The molecule has 0 radical (unpaired) electrons. The second-order valence-electron chi connectivity index (χ2n) is 6.54. The molecule has 122 valence electrons. The third-order valence-corrected chi connectivity index (χ3v) is 6.46. The normalized spacial score (nSPS) is 24.7. The minimum absolute atomic E-state index is 0.0861. The lowest BCUT2D eigenvalue weighted by Gasteiger charge is -2.29. The summed E-state index contributed by atoms with van der Waals surface area (Å²) in [5, 5.41) is 2.69. The monoisotopic (exact) mass is 318 g/mol. The molecular weight excluding hydrogens is 292 g/mol. The Labute approximate surface area is 127 Å². The molecule has 0 spiro atoms. The molecular formula is C14H26N2O4S. The van der Waals surface area contributed by atoms with Crippen LogP contribution in [0.2, 0.25) is 0 Å². The third kappa shape index (κ3) is 4.18. The first-order valence-electron chi connectivity index (χ1n) is 7.31. The van der Waals surface area contributed by atoms with E-state index in [1.807, 2.05) is 6.92 Å². The van der Waals surface area contributed by atoms with E-state index in [0.29, 0.717) is 6.42 Å². The van der Waals surface area contributed by atoms with Crippen molar-refractivity contribution in [1.29, 1.82) is 0 Å². The highest BCUT2D eigenvalue weighted by Gasteiger charge is 2.35. The first-order chi connectivity index (χ1) is 9.49. The average Bonchev–Trinajstić information content (AvgIpc) is 2.43. The van der Waals surface area contributed by atoms with Gasteiger partial charge in [-0.2, -0.15) is 0 Å². The van der Waals surface area contributed by atoms with Gasteiger partial charge in [-0.25, -0.2) is 8.42 Å². The highest BCUT2D eigenvalue weighted by atomic mass is 32.2. The number of rotatable bonds is 4. The standard InChI is InChI=1S/C14H26N2O4S/c1-6-11-13(18)16(10(2)9-12(17)15-11)7-8-21(19,20)14(3,4)5/h10-11H,6-9H2,1-5H3,(H,15,17). The highest BCUT2D eigenvalue weighted by molar-refractivity contribution is 7.92. The zero-order chi connectivity index (χ0) is 16.4. The summed E-state index contributed by atoms with van der Waals surface area (Å²) >= 11 is 0. The largest absolute Gasteiger partial charge is 0.344 e. The van der Waals surface area contributed by atoms with E-state index < -0.39 is 20.6 Å². The van der Waals surface area contributed by atoms with Gasteiger partial charge in [0.15, 0.2) is 9.84 Å². The van der Waals surface area contributed by atoms with Crippen molar-refractivity contribution in [3.05, 3.63) is 0 Å². The van der Waals surface area contributed by atoms with E-state index in [1.165, 1.54) is 4.90 Å². The van der Waals surface area contributed by atoms with Crippen molar-refractivity contribution < 1.29 is 18.0 Å². The molecule has 0 aromatic carbocycles. The average molecular weight is 318 g/mol. The van der Waals surface area contributed by atoms with Gasteiger partial charge in [-0.1, -0.05) is 6.92 Å². The maximum atomic E-state index is 12.4. The van der Waals surface area contributed by atoms with Crippen molar-refractivity contribution >= 4 is 21.7 Å². The number of sulfone groups is 1. The van der Waals surface area contributed by atoms with Crippen LogP contribution in [0.25, 0.3) is 0 Å². The molecule has 2 amide bonds. The Morgan fingerprint density at radius 1 is 1.29 bits per heavy atom. The lowest BCUT2D eigenvalue weighted by atomic mass is 10.2. The summed E-state index contributed by atoms with van der Waals surface area (Å²) in [7, 11) is -3.29. The first-order valence-corrected chi connectivity index (χ1v) is 8.97. The van der Waals surface area contributed by atoms with E-state index in [4.69, 9.17) is 0 Å². The molecule has 2 atom stereocenters. The van der Waals surface area contributed by atoms with Crippen LogP contribution in [0.3, 0.4) is 0 Å². The SMILES string of the molecule is CCC1NC(=O)CC(C)N(CCS(=O)(=O)C(C)(C)C)C1=O. The summed E-state index contributed by atoms with van der Waals surface area (Å²) in [6, 6.07) is -0.844. The fourth-order valence-corrected chi connectivity index (χ4v) is 3.29. The number of carbonyl (C=O) groups excluding carboxylic acids is 2. The van der Waals surface area contributed by atoms with Crippen LogP contribution in [0.4, 0.5) is 0 Å². The molecule has 1 fully saturated rings. The molecule has 21 heavy (non-hydrogen) atoms. The van der Waals surface area contributed by atoms with E-state index in [9.17, 15) is 18.0 Å². The van der Waals surface area contributed by atoms with Crippen LogP contribution in [0.5, 0.6) is 0 Å². The van der Waals surface area contributed by atoms with Gasteiger partial charge in [0.25, 0.3) is 0 Å². The van der Waals surface area contributed by atoms with Gasteiger partial charge in [0.1, 0.15) is 6.04 Å². The molecule has 0 aromatic heterocycles. The van der Waals surface area contributed by atoms with Gasteiger partial charge in [-0.3, -0.25) is 9.59 Å². The Morgan fingerprint density at radius 3 is 2.33 bits per heavy atom. The van der Waals surface area contributed by atoms with Crippen LogP contribution in [0.1, 0.15) is 47.5 Å². The lowest BCUT2D eigenvalue weighted by molar-refractivity contribution is -0.134. The molecule has 1 heterocycles. The Morgan fingerprint density at radius 2 is 1.86 bits per heavy atom.